The van der Waals surface area contributed by atoms with Crippen LogP contribution in [0.2, 0.25) is 0 Å². The molecule has 0 spiro atoms. The molecule has 8 nitrogen and oxygen atoms in total. The van der Waals surface area contributed by atoms with E-state index in [9.17, 15) is 14.4 Å². The number of alkyl halides is 2. The summed E-state index contributed by atoms with van der Waals surface area (Å²) < 4.78 is 11.2. The lowest BCUT2D eigenvalue weighted by Gasteiger charge is -2.31. The zero-order valence-electron chi connectivity index (χ0n) is 22.0. The lowest BCUT2D eigenvalue weighted by Crippen LogP contribution is -2.52. The van der Waals surface area contributed by atoms with E-state index in [0.29, 0.717) is 18.8 Å². The molecule has 40 heavy (non-hydrogen) atoms. The maximum atomic E-state index is 13.4. The number of nitrogens with zero attached hydrogens (tertiary/aromatic N) is 1. The number of benzene rings is 3. The number of hydrogen-bond donors (Lipinski definition) is 2. The minimum atomic E-state index is -1.17. The van der Waals surface area contributed by atoms with Crippen molar-refractivity contribution in [1.82, 2.24) is 10.2 Å². The summed E-state index contributed by atoms with van der Waals surface area (Å²) in [5.74, 6) is -0.802. The fourth-order valence-electron chi connectivity index (χ4n) is 3.97. The van der Waals surface area contributed by atoms with Gasteiger partial charge in [0.2, 0.25) is 0 Å². The average molecular weight is 587 g/mol. The minimum absolute atomic E-state index is 0.00829. The van der Waals surface area contributed by atoms with Crippen molar-refractivity contribution in [2.45, 2.75) is 31.7 Å². The van der Waals surface area contributed by atoms with Crippen molar-refractivity contribution in [3.05, 3.63) is 102 Å². The van der Waals surface area contributed by atoms with Gasteiger partial charge in [-0.2, -0.15) is 0 Å². The summed E-state index contributed by atoms with van der Waals surface area (Å²) in [6.07, 6.45) is -0.114. The smallest absolute Gasteiger partial charge is 0.329 e. The van der Waals surface area contributed by atoms with Gasteiger partial charge in [-0.3, -0.25) is 9.69 Å². The molecule has 0 aliphatic heterocycles. The van der Waals surface area contributed by atoms with E-state index in [4.69, 9.17) is 32.7 Å². The molecule has 3 rings (SSSR count). The van der Waals surface area contributed by atoms with Crippen LogP contribution in [0.4, 0.5) is 10.5 Å². The first-order valence-electron chi connectivity index (χ1n) is 12.9. The minimum Gasteiger partial charge on any atom is -0.460 e. The third kappa shape index (κ3) is 10.5. The normalized spacial score (nSPS) is 12.3. The number of anilines is 1. The summed E-state index contributed by atoms with van der Waals surface area (Å²) in [7, 11) is 0. The number of hydrogen-bond acceptors (Lipinski definition) is 6. The highest BCUT2D eigenvalue weighted by Crippen LogP contribution is 2.15. The van der Waals surface area contributed by atoms with Gasteiger partial charge in [0, 0.05) is 37.0 Å². The van der Waals surface area contributed by atoms with Crippen molar-refractivity contribution in [3.8, 4) is 0 Å². The van der Waals surface area contributed by atoms with E-state index in [1.165, 1.54) is 0 Å². The van der Waals surface area contributed by atoms with Crippen molar-refractivity contribution in [2.24, 2.45) is 0 Å². The number of ether oxygens (including phenoxy) is 2. The first-order chi connectivity index (χ1) is 19.5. The molecule has 3 aromatic carbocycles. The second-order valence-corrected chi connectivity index (χ2v) is 9.63. The molecule has 10 heteroatoms. The standard InChI is InChI=1S/C30H33Cl2N3O5/c31-16-18-35(19-17-32)27(29(37)40-22-24-12-6-2-7-13-24)20-26(28(36)39-21-23-10-4-1-5-11-23)34-30(38)33-25-14-8-3-9-15-25/h1-15,26-27H,16-22H2,(H2,33,34,38)/t26-,27?/m0/s1. The largest absolute Gasteiger partial charge is 0.460 e. The van der Waals surface area contributed by atoms with Crippen molar-refractivity contribution >= 4 is 46.9 Å². The highest BCUT2D eigenvalue weighted by atomic mass is 35.5. The zero-order chi connectivity index (χ0) is 28.6. The Morgan fingerprint density at radius 3 is 1.68 bits per heavy atom. The summed E-state index contributed by atoms with van der Waals surface area (Å²) in [5.41, 5.74) is 2.14. The number of carbonyl (C=O) groups is 3. The number of para-hydroxylation sites is 1. The summed E-state index contributed by atoms with van der Waals surface area (Å²) >= 11 is 12.1. The van der Waals surface area contributed by atoms with Crippen molar-refractivity contribution in [2.75, 3.05) is 30.2 Å². The molecule has 3 aromatic rings. The summed E-state index contributed by atoms with van der Waals surface area (Å²) in [6.45, 7) is 0.702. The van der Waals surface area contributed by atoms with Crippen molar-refractivity contribution < 1.29 is 23.9 Å². The predicted molar refractivity (Wildman–Crippen MR) is 156 cm³/mol. The summed E-state index contributed by atoms with van der Waals surface area (Å²) in [6, 6.07) is 24.5. The molecule has 0 heterocycles. The second kappa shape index (κ2) is 17.2. The topological polar surface area (TPSA) is 97.0 Å². The first-order valence-corrected chi connectivity index (χ1v) is 14.0. The van der Waals surface area contributed by atoms with Crippen LogP contribution in [0.1, 0.15) is 17.5 Å². The molecule has 2 atom stereocenters. The van der Waals surface area contributed by atoms with Crippen LogP contribution in [-0.4, -0.2) is 59.8 Å². The third-order valence-electron chi connectivity index (χ3n) is 5.98. The number of halogens is 2. The molecule has 0 aromatic heterocycles. The monoisotopic (exact) mass is 585 g/mol. The molecule has 212 valence electrons. The fraction of sp³-hybridized carbons (Fsp3) is 0.300. The third-order valence-corrected chi connectivity index (χ3v) is 6.32. The van der Waals surface area contributed by atoms with Gasteiger partial charge in [-0.25, -0.2) is 9.59 Å². The van der Waals surface area contributed by atoms with E-state index in [2.05, 4.69) is 10.6 Å². The Kier molecular flexibility index (Phi) is 13.3. The summed E-state index contributed by atoms with van der Waals surface area (Å²) in [4.78, 5) is 41.3. The lowest BCUT2D eigenvalue weighted by atomic mass is 10.0. The highest BCUT2D eigenvalue weighted by molar-refractivity contribution is 6.18. The molecule has 0 aliphatic carbocycles. The van der Waals surface area contributed by atoms with E-state index in [1.807, 2.05) is 66.7 Å². The maximum absolute atomic E-state index is 13.4. The van der Waals surface area contributed by atoms with Crippen LogP contribution < -0.4 is 10.6 Å². The zero-order valence-corrected chi connectivity index (χ0v) is 23.5. The van der Waals surface area contributed by atoms with Gasteiger partial charge in [-0.05, 0) is 23.3 Å². The van der Waals surface area contributed by atoms with Gasteiger partial charge in [0.25, 0.3) is 0 Å². The molecule has 1 unspecified atom stereocenters. The fourth-order valence-corrected chi connectivity index (χ4v) is 4.41. The number of esters is 2. The molecule has 0 aliphatic rings. The molecule has 2 N–H and O–H groups in total. The molecule has 0 saturated heterocycles. The van der Waals surface area contributed by atoms with Crippen LogP contribution in [-0.2, 0) is 32.3 Å². The molecular weight excluding hydrogens is 553 g/mol. The van der Waals surface area contributed by atoms with Crippen LogP contribution in [0.5, 0.6) is 0 Å². The Hall–Kier alpha value is -3.59. The Morgan fingerprint density at radius 1 is 0.700 bits per heavy atom. The Labute approximate surface area is 244 Å². The Bertz CT molecular complexity index is 1180. The van der Waals surface area contributed by atoms with Crippen LogP contribution in [0.15, 0.2) is 91.0 Å². The van der Waals surface area contributed by atoms with Gasteiger partial charge in [0.1, 0.15) is 25.3 Å². The highest BCUT2D eigenvalue weighted by Gasteiger charge is 2.34. The van der Waals surface area contributed by atoms with Crippen LogP contribution >= 0.6 is 23.2 Å². The lowest BCUT2D eigenvalue weighted by molar-refractivity contribution is -0.153. The second-order valence-electron chi connectivity index (χ2n) is 8.87. The van der Waals surface area contributed by atoms with Gasteiger partial charge < -0.3 is 20.1 Å². The molecular formula is C30H33Cl2N3O5. The quantitative estimate of drug-likeness (QED) is 0.188. The average Bonchev–Trinajstić information content (AvgIpc) is 2.98. The number of carbonyl (C=O) groups excluding carboxylic acids is 3. The molecule has 0 bridgehead atoms. The van der Waals surface area contributed by atoms with Crippen molar-refractivity contribution in [1.29, 1.82) is 0 Å². The van der Waals surface area contributed by atoms with Crippen molar-refractivity contribution in [3.63, 3.8) is 0 Å². The van der Waals surface area contributed by atoms with Crippen LogP contribution in [0.25, 0.3) is 0 Å². The molecule has 0 fully saturated rings. The van der Waals surface area contributed by atoms with E-state index in [1.54, 1.807) is 29.2 Å². The Morgan fingerprint density at radius 2 is 1.18 bits per heavy atom. The predicted octanol–water partition coefficient (Wildman–Crippen LogP) is 5.20. The van der Waals surface area contributed by atoms with Gasteiger partial charge in [-0.15, -0.1) is 23.2 Å². The SMILES string of the molecule is O=C(Nc1ccccc1)N[C@@H](CC(C(=O)OCc1ccccc1)N(CCCl)CCCl)C(=O)OCc1ccccc1. The number of amides is 2. The number of urea groups is 1. The van der Waals surface area contributed by atoms with E-state index in [-0.39, 0.29) is 31.4 Å². The van der Waals surface area contributed by atoms with Gasteiger partial charge >= 0.3 is 18.0 Å². The van der Waals surface area contributed by atoms with E-state index >= 15 is 0 Å². The number of nitrogens with one attached hydrogen (secondary N) is 2. The van der Waals surface area contributed by atoms with Crippen LogP contribution in [0, 0.1) is 0 Å². The van der Waals surface area contributed by atoms with Gasteiger partial charge in [0.05, 0.1) is 0 Å². The molecule has 2 amide bonds. The number of rotatable bonds is 15. The van der Waals surface area contributed by atoms with Gasteiger partial charge in [0.15, 0.2) is 0 Å². The van der Waals surface area contributed by atoms with E-state index < -0.39 is 30.1 Å². The van der Waals surface area contributed by atoms with Crippen LogP contribution in [0.3, 0.4) is 0 Å². The molecule has 0 radical (unpaired) electrons. The summed E-state index contributed by atoms with van der Waals surface area (Å²) in [5, 5.41) is 5.37. The first kappa shape index (κ1) is 30.9. The van der Waals surface area contributed by atoms with E-state index in [0.717, 1.165) is 11.1 Å². The maximum Gasteiger partial charge on any atom is 0.329 e. The Balaban J connectivity index is 1.80. The molecule has 0 saturated carbocycles. The van der Waals surface area contributed by atoms with Gasteiger partial charge in [-0.1, -0.05) is 78.9 Å².